The third-order valence-electron chi connectivity index (χ3n) is 5.17. The van der Waals surface area contributed by atoms with Crippen molar-refractivity contribution < 1.29 is 14.4 Å². The third-order valence-corrected chi connectivity index (χ3v) is 5.17. The largest absolute Gasteiger partial charge is 0.326 e. The van der Waals surface area contributed by atoms with Crippen LogP contribution in [-0.4, -0.2) is 35.2 Å². The average Bonchev–Trinajstić information content (AvgIpc) is 2.86. The van der Waals surface area contributed by atoms with E-state index >= 15 is 0 Å². The van der Waals surface area contributed by atoms with Crippen molar-refractivity contribution in [2.24, 2.45) is 5.92 Å². The van der Waals surface area contributed by atoms with Gasteiger partial charge in [-0.3, -0.25) is 14.5 Å². The molecule has 0 aromatic heterocycles. The molecule has 0 radical (unpaired) electrons. The zero-order chi connectivity index (χ0) is 17.3. The predicted octanol–water partition coefficient (Wildman–Crippen LogP) is 2.99. The first-order valence-electron chi connectivity index (χ1n) is 8.69. The van der Waals surface area contributed by atoms with Crippen molar-refractivity contribution in [2.75, 3.05) is 6.54 Å². The molecular formula is C19H24N2O3. The van der Waals surface area contributed by atoms with Crippen LogP contribution in [0.4, 0.5) is 4.79 Å². The Bertz CT molecular complexity index is 677. The van der Waals surface area contributed by atoms with Gasteiger partial charge in [0.05, 0.1) is 6.54 Å². The zero-order valence-electron chi connectivity index (χ0n) is 14.3. The number of carbonyl (C=O) groups excluding carboxylic acids is 3. The van der Waals surface area contributed by atoms with Gasteiger partial charge in [-0.25, -0.2) is 4.79 Å². The molecule has 5 nitrogen and oxygen atoms in total. The van der Waals surface area contributed by atoms with Crippen LogP contribution < -0.4 is 5.32 Å². The molecule has 128 valence electrons. The summed E-state index contributed by atoms with van der Waals surface area (Å²) in [5.74, 6) is -0.231. The fourth-order valence-corrected chi connectivity index (χ4v) is 3.74. The SMILES string of the molecule is Cc1ccc(C)c(C(=O)CN2C(=O)N[C@H](C3CCCCC3)C2=O)c1. The van der Waals surface area contributed by atoms with Crippen LogP contribution in [0, 0.1) is 19.8 Å². The van der Waals surface area contributed by atoms with Crippen molar-refractivity contribution >= 4 is 17.7 Å². The molecule has 1 saturated heterocycles. The summed E-state index contributed by atoms with van der Waals surface area (Å²) in [6.45, 7) is 3.60. The van der Waals surface area contributed by atoms with E-state index in [2.05, 4.69) is 5.32 Å². The average molecular weight is 328 g/mol. The molecule has 24 heavy (non-hydrogen) atoms. The molecule has 1 atom stereocenters. The van der Waals surface area contributed by atoms with E-state index in [4.69, 9.17) is 0 Å². The number of benzene rings is 1. The quantitative estimate of drug-likeness (QED) is 0.682. The van der Waals surface area contributed by atoms with Gasteiger partial charge in [-0.15, -0.1) is 0 Å². The summed E-state index contributed by atoms with van der Waals surface area (Å²) >= 11 is 0. The van der Waals surface area contributed by atoms with E-state index in [1.165, 1.54) is 6.42 Å². The summed E-state index contributed by atoms with van der Waals surface area (Å²) in [6.07, 6.45) is 5.34. The van der Waals surface area contributed by atoms with Crippen LogP contribution in [0.1, 0.15) is 53.6 Å². The van der Waals surface area contributed by atoms with Gasteiger partial charge in [0.2, 0.25) is 0 Å². The Morgan fingerprint density at radius 2 is 1.88 bits per heavy atom. The summed E-state index contributed by atoms with van der Waals surface area (Å²) < 4.78 is 0. The highest BCUT2D eigenvalue weighted by atomic mass is 16.2. The minimum atomic E-state index is -0.454. The fourth-order valence-electron chi connectivity index (χ4n) is 3.74. The normalized spacial score (nSPS) is 21.9. The lowest BCUT2D eigenvalue weighted by atomic mass is 9.84. The lowest BCUT2D eigenvalue weighted by molar-refractivity contribution is -0.128. The molecular weight excluding hydrogens is 304 g/mol. The number of nitrogens with zero attached hydrogens (tertiary/aromatic N) is 1. The molecule has 0 bridgehead atoms. The minimum absolute atomic E-state index is 0.182. The predicted molar refractivity (Wildman–Crippen MR) is 90.9 cm³/mol. The van der Waals surface area contributed by atoms with Crippen LogP contribution in [0.2, 0.25) is 0 Å². The van der Waals surface area contributed by atoms with Crippen molar-refractivity contribution in [3.63, 3.8) is 0 Å². The van der Waals surface area contributed by atoms with Gasteiger partial charge in [0.25, 0.3) is 5.91 Å². The first-order chi connectivity index (χ1) is 11.5. The summed E-state index contributed by atoms with van der Waals surface area (Å²) in [4.78, 5) is 38.5. The number of Topliss-reactive ketones (excluding diaryl/α,β-unsaturated/α-hetero) is 1. The second kappa shape index (κ2) is 6.75. The van der Waals surface area contributed by atoms with E-state index in [-0.39, 0.29) is 24.2 Å². The number of rotatable bonds is 4. The Balaban J connectivity index is 1.72. The third kappa shape index (κ3) is 3.21. The maximum absolute atomic E-state index is 12.6. The van der Waals surface area contributed by atoms with E-state index in [9.17, 15) is 14.4 Å². The van der Waals surface area contributed by atoms with Gasteiger partial charge in [0, 0.05) is 5.56 Å². The van der Waals surface area contributed by atoms with Crippen LogP contribution in [0.25, 0.3) is 0 Å². The van der Waals surface area contributed by atoms with Gasteiger partial charge in [0.15, 0.2) is 5.78 Å². The number of nitrogens with one attached hydrogen (secondary N) is 1. The van der Waals surface area contributed by atoms with Gasteiger partial charge in [-0.05, 0) is 44.2 Å². The van der Waals surface area contributed by atoms with E-state index in [1.54, 1.807) is 0 Å². The smallest absolute Gasteiger partial charge is 0.325 e. The Labute approximate surface area is 142 Å². The molecule has 0 spiro atoms. The van der Waals surface area contributed by atoms with Crippen molar-refractivity contribution in [1.82, 2.24) is 10.2 Å². The van der Waals surface area contributed by atoms with Gasteiger partial charge >= 0.3 is 6.03 Å². The molecule has 1 saturated carbocycles. The summed E-state index contributed by atoms with van der Waals surface area (Å²) in [6, 6.07) is 4.76. The van der Waals surface area contributed by atoms with Crippen molar-refractivity contribution in [3.05, 3.63) is 34.9 Å². The second-order valence-corrected chi connectivity index (χ2v) is 6.99. The van der Waals surface area contributed by atoms with Crippen molar-refractivity contribution in [3.8, 4) is 0 Å². The molecule has 1 aliphatic carbocycles. The van der Waals surface area contributed by atoms with Gasteiger partial charge in [-0.2, -0.15) is 0 Å². The number of hydrogen-bond acceptors (Lipinski definition) is 3. The monoisotopic (exact) mass is 328 g/mol. The minimum Gasteiger partial charge on any atom is -0.326 e. The van der Waals surface area contributed by atoms with E-state index < -0.39 is 12.1 Å². The standard InChI is InChI=1S/C19H24N2O3/c1-12-8-9-13(2)15(10-12)16(22)11-21-18(23)17(20-19(21)24)14-6-4-3-5-7-14/h8-10,14,17H,3-7,11H2,1-2H3,(H,20,24)/t17-/m1/s1. The van der Waals surface area contributed by atoms with Crippen LogP contribution in [0.15, 0.2) is 18.2 Å². The second-order valence-electron chi connectivity index (χ2n) is 6.99. The maximum atomic E-state index is 12.6. The first kappa shape index (κ1) is 16.7. The lowest BCUT2D eigenvalue weighted by Crippen LogP contribution is -2.39. The summed E-state index contributed by atoms with van der Waals surface area (Å²) in [7, 11) is 0. The van der Waals surface area contributed by atoms with Gasteiger partial charge in [0.1, 0.15) is 6.04 Å². The number of carbonyl (C=O) groups is 3. The topological polar surface area (TPSA) is 66.5 Å². The van der Waals surface area contributed by atoms with Gasteiger partial charge in [-0.1, -0.05) is 37.0 Å². The number of ketones is 1. The van der Waals surface area contributed by atoms with Crippen molar-refractivity contribution in [2.45, 2.75) is 52.0 Å². The van der Waals surface area contributed by atoms with Crippen molar-refractivity contribution in [1.29, 1.82) is 0 Å². The Kier molecular flexibility index (Phi) is 4.69. The Morgan fingerprint density at radius 3 is 2.58 bits per heavy atom. The summed E-state index contributed by atoms with van der Waals surface area (Å²) in [5, 5.41) is 2.79. The van der Waals surface area contributed by atoms with Crippen LogP contribution in [0.3, 0.4) is 0 Å². The van der Waals surface area contributed by atoms with E-state index in [0.717, 1.165) is 41.7 Å². The zero-order valence-corrected chi connectivity index (χ0v) is 14.3. The molecule has 1 heterocycles. The first-order valence-corrected chi connectivity index (χ1v) is 8.69. The molecule has 1 aromatic carbocycles. The molecule has 2 aliphatic rings. The molecule has 3 rings (SSSR count). The number of urea groups is 1. The summed E-state index contributed by atoms with van der Waals surface area (Å²) in [5.41, 5.74) is 2.43. The molecule has 1 aliphatic heterocycles. The number of hydrogen-bond donors (Lipinski definition) is 1. The Hall–Kier alpha value is -2.17. The fraction of sp³-hybridized carbons (Fsp3) is 0.526. The van der Waals surface area contributed by atoms with Gasteiger partial charge < -0.3 is 5.32 Å². The number of aryl methyl sites for hydroxylation is 2. The molecule has 1 N–H and O–H groups in total. The highest BCUT2D eigenvalue weighted by Crippen LogP contribution is 2.29. The number of amides is 3. The highest BCUT2D eigenvalue weighted by Gasteiger charge is 2.43. The van der Waals surface area contributed by atoms with Crippen LogP contribution in [0.5, 0.6) is 0 Å². The Morgan fingerprint density at radius 1 is 1.17 bits per heavy atom. The van der Waals surface area contributed by atoms with E-state index in [1.807, 2.05) is 32.0 Å². The molecule has 0 unspecified atom stereocenters. The molecule has 1 aromatic rings. The van der Waals surface area contributed by atoms with Crippen LogP contribution in [-0.2, 0) is 4.79 Å². The van der Waals surface area contributed by atoms with Crippen LogP contribution >= 0.6 is 0 Å². The number of imide groups is 1. The molecule has 3 amide bonds. The molecule has 5 heteroatoms. The highest BCUT2D eigenvalue weighted by molar-refractivity contribution is 6.09. The van der Waals surface area contributed by atoms with E-state index in [0.29, 0.717) is 5.56 Å². The molecule has 2 fully saturated rings. The maximum Gasteiger partial charge on any atom is 0.325 e. The lowest BCUT2D eigenvalue weighted by Gasteiger charge is -2.25.